The number of fused-ring (bicyclic) bond motifs is 1. The average Bonchev–Trinajstić information content (AvgIpc) is 3.45. The van der Waals surface area contributed by atoms with Gasteiger partial charge in [-0.05, 0) is 31.9 Å². The van der Waals surface area contributed by atoms with Gasteiger partial charge in [0.15, 0.2) is 0 Å². The summed E-state index contributed by atoms with van der Waals surface area (Å²) >= 11 is 0. The summed E-state index contributed by atoms with van der Waals surface area (Å²) in [7, 11) is 2.05. The molecule has 0 saturated carbocycles. The van der Waals surface area contributed by atoms with Gasteiger partial charge in [-0.3, -0.25) is 9.69 Å². The van der Waals surface area contributed by atoms with Crippen molar-refractivity contribution in [2.24, 2.45) is 18.9 Å². The quantitative estimate of drug-likeness (QED) is 0.816. The van der Waals surface area contributed by atoms with Gasteiger partial charge in [0.25, 0.3) is 5.91 Å². The van der Waals surface area contributed by atoms with Crippen molar-refractivity contribution in [1.82, 2.24) is 19.8 Å². The van der Waals surface area contributed by atoms with Crippen LogP contribution in [0.3, 0.4) is 0 Å². The first-order chi connectivity index (χ1) is 14.0. The molecule has 1 aromatic heterocycles. The maximum absolute atomic E-state index is 12.6. The number of likely N-dealkylation sites (tertiary alicyclic amines) is 1. The van der Waals surface area contributed by atoms with Gasteiger partial charge in [-0.2, -0.15) is 0 Å². The van der Waals surface area contributed by atoms with Crippen LogP contribution in [0.1, 0.15) is 34.6 Å². The first-order valence-electron chi connectivity index (χ1n) is 10.8. The number of nitrogens with one attached hydrogen (secondary N) is 1. The van der Waals surface area contributed by atoms with E-state index in [9.17, 15) is 4.79 Å². The molecule has 4 atom stereocenters. The molecule has 6 heteroatoms. The lowest BCUT2D eigenvalue weighted by molar-refractivity contribution is 0.00281. The molecule has 5 rings (SSSR count). The normalized spacial score (nSPS) is 30.6. The number of carbonyl (C=O) groups is 1. The fourth-order valence-corrected chi connectivity index (χ4v) is 5.64. The maximum Gasteiger partial charge on any atom is 0.251 e. The lowest BCUT2D eigenvalue weighted by atomic mass is 9.73. The first-order valence-corrected chi connectivity index (χ1v) is 10.8. The molecule has 1 spiro atoms. The van der Waals surface area contributed by atoms with E-state index in [0.29, 0.717) is 24.5 Å². The molecule has 3 aliphatic rings. The molecule has 3 fully saturated rings. The second kappa shape index (κ2) is 7.26. The van der Waals surface area contributed by atoms with Gasteiger partial charge in [-0.25, -0.2) is 4.98 Å². The van der Waals surface area contributed by atoms with Crippen molar-refractivity contribution in [3.05, 3.63) is 53.6 Å². The van der Waals surface area contributed by atoms with E-state index in [-0.39, 0.29) is 11.5 Å². The second-order valence-corrected chi connectivity index (χ2v) is 9.05. The molecule has 3 aliphatic heterocycles. The van der Waals surface area contributed by atoms with Gasteiger partial charge < -0.3 is 14.6 Å². The summed E-state index contributed by atoms with van der Waals surface area (Å²) in [4.78, 5) is 19.6. The van der Waals surface area contributed by atoms with Crippen LogP contribution in [-0.2, 0) is 18.2 Å². The van der Waals surface area contributed by atoms with Crippen molar-refractivity contribution in [1.29, 1.82) is 0 Å². The number of carbonyl (C=O) groups excluding carboxylic acids is 1. The Morgan fingerprint density at radius 2 is 2.17 bits per heavy atom. The van der Waals surface area contributed by atoms with Gasteiger partial charge in [0.05, 0.1) is 11.7 Å². The summed E-state index contributed by atoms with van der Waals surface area (Å²) in [6.45, 7) is 5.83. The number of aromatic nitrogens is 2. The van der Waals surface area contributed by atoms with Gasteiger partial charge >= 0.3 is 0 Å². The topological polar surface area (TPSA) is 59.4 Å². The van der Waals surface area contributed by atoms with E-state index in [1.807, 2.05) is 43.6 Å². The van der Waals surface area contributed by atoms with E-state index in [1.165, 1.54) is 5.56 Å². The molecule has 1 N–H and O–H groups in total. The summed E-state index contributed by atoms with van der Waals surface area (Å²) in [6.07, 6.45) is 7.41. The molecule has 0 unspecified atom stereocenters. The monoisotopic (exact) mass is 394 g/mol. The summed E-state index contributed by atoms with van der Waals surface area (Å²) in [5.74, 6) is 2.08. The second-order valence-electron chi connectivity index (χ2n) is 9.05. The Morgan fingerprint density at radius 3 is 2.93 bits per heavy atom. The highest BCUT2D eigenvalue weighted by Gasteiger charge is 2.62. The summed E-state index contributed by atoms with van der Waals surface area (Å²) < 4.78 is 8.63. The van der Waals surface area contributed by atoms with Gasteiger partial charge in [-0.1, -0.05) is 17.7 Å². The van der Waals surface area contributed by atoms with Crippen LogP contribution in [0.25, 0.3) is 0 Å². The van der Waals surface area contributed by atoms with E-state index in [0.717, 1.165) is 50.3 Å². The van der Waals surface area contributed by atoms with Crippen LogP contribution in [0.2, 0.25) is 0 Å². The largest absolute Gasteiger partial charge is 0.370 e. The van der Waals surface area contributed by atoms with Gasteiger partial charge in [0, 0.05) is 69.4 Å². The molecule has 29 heavy (non-hydrogen) atoms. The third-order valence-corrected chi connectivity index (χ3v) is 7.24. The molecule has 4 heterocycles. The molecular weight excluding hydrogens is 364 g/mol. The van der Waals surface area contributed by atoms with E-state index in [2.05, 4.69) is 26.8 Å². The van der Waals surface area contributed by atoms with Crippen LogP contribution < -0.4 is 5.32 Å². The molecular formula is C23H30N4O2. The standard InChI is InChI=1S/C23H30N4O2/c1-16-3-5-17(6-4-16)22(28)25-13-18-19-14-27(11-8-21-24-10-12-26(21)2)15-23(19)9-7-20(18)29-23/h3-6,10,12,18-20H,7-9,11,13-15H2,1-2H3,(H,25,28)/t18-,19+,20+,23+/m0/s1. The van der Waals surface area contributed by atoms with E-state index >= 15 is 0 Å². The maximum atomic E-state index is 12.6. The number of imidazole rings is 1. The number of nitrogens with zero attached hydrogens (tertiary/aromatic N) is 3. The van der Waals surface area contributed by atoms with Crippen LogP contribution in [-0.4, -0.2) is 58.2 Å². The predicted molar refractivity (Wildman–Crippen MR) is 111 cm³/mol. The van der Waals surface area contributed by atoms with Crippen LogP contribution in [0, 0.1) is 18.8 Å². The van der Waals surface area contributed by atoms with Crippen LogP contribution in [0.4, 0.5) is 0 Å². The van der Waals surface area contributed by atoms with Gasteiger partial charge in [-0.15, -0.1) is 0 Å². The summed E-state index contributed by atoms with van der Waals surface area (Å²) in [6, 6.07) is 7.78. The number of ether oxygens (including phenoxy) is 1. The molecule has 0 aliphatic carbocycles. The Kier molecular flexibility index (Phi) is 4.71. The van der Waals surface area contributed by atoms with E-state index in [1.54, 1.807) is 0 Å². The summed E-state index contributed by atoms with van der Waals surface area (Å²) in [5.41, 5.74) is 1.91. The average molecular weight is 395 g/mol. The smallest absolute Gasteiger partial charge is 0.251 e. The number of benzene rings is 1. The first kappa shape index (κ1) is 18.8. The Morgan fingerprint density at radius 1 is 1.34 bits per heavy atom. The summed E-state index contributed by atoms with van der Waals surface area (Å²) in [5, 5.41) is 3.18. The number of amides is 1. The molecule has 1 aromatic carbocycles. The zero-order valence-electron chi connectivity index (χ0n) is 17.3. The highest BCUT2D eigenvalue weighted by molar-refractivity contribution is 5.94. The molecule has 1 amide bonds. The molecule has 6 nitrogen and oxygen atoms in total. The van der Waals surface area contributed by atoms with Gasteiger partial charge in [0.1, 0.15) is 5.82 Å². The zero-order valence-corrected chi connectivity index (χ0v) is 17.3. The Bertz CT molecular complexity index is 893. The van der Waals surface area contributed by atoms with Crippen LogP contribution in [0.15, 0.2) is 36.7 Å². The van der Waals surface area contributed by atoms with E-state index in [4.69, 9.17) is 4.74 Å². The fraction of sp³-hybridized carbons (Fsp3) is 0.565. The third kappa shape index (κ3) is 3.38. The number of aryl methyl sites for hydroxylation is 2. The number of hydrogen-bond donors (Lipinski definition) is 1. The third-order valence-electron chi connectivity index (χ3n) is 7.24. The molecule has 2 aromatic rings. The van der Waals surface area contributed by atoms with Crippen molar-refractivity contribution in [3.8, 4) is 0 Å². The van der Waals surface area contributed by atoms with Crippen molar-refractivity contribution in [3.63, 3.8) is 0 Å². The molecule has 154 valence electrons. The zero-order chi connectivity index (χ0) is 20.0. The lowest BCUT2D eigenvalue weighted by Gasteiger charge is -2.29. The van der Waals surface area contributed by atoms with Crippen LogP contribution >= 0.6 is 0 Å². The minimum absolute atomic E-state index is 0.00551. The fourth-order valence-electron chi connectivity index (χ4n) is 5.64. The Labute approximate surface area is 172 Å². The van der Waals surface area contributed by atoms with Crippen LogP contribution in [0.5, 0.6) is 0 Å². The number of hydrogen-bond acceptors (Lipinski definition) is 4. The van der Waals surface area contributed by atoms with Gasteiger partial charge in [0.2, 0.25) is 0 Å². The van der Waals surface area contributed by atoms with Crippen molar-refractivity contribution < 1.29 is 9.53 Å². The SMILES string of the molecule is Cc1ccc(C(=O)NC[C@H]2[C@H]3CN(CCc4nccn4C)C[C@]34CC[C@H]2O4)cc1. The van der Waals surface area contributed by atoms with Crippen molar-refractivity contribution in [2.75, 3.05) is 26.2 Å². The predicted octanol–water partition coefficient (Wildman–Crippen LogP) is 2.18. The highest BCUT2D eigenvalue weighted by atomic mass is 16.5. The minimum Gasteiger partial charge on any atom is -0.370 e. The molecule has 2 bridgehead atoms. The van der Waals surface area contributed by atoms with Crippen molar-refractivity contribution >= 4 is 5.91 Å². The lowest BCUT2D eigenvalue weighted by Crippen LogP contribution is -2.41. The van der Waals surface area contributed by atoms with E-state index < -0.39 is 0 Å². The molecule has 3 saturated heterocycles. The number of rotatable bonds is 6. The van der Waals surface area contributed by atoms with Crippen molar-refractivity contribution in [2.45, 2.75) is 37.9 Å². The Balaban J connectivity index is 1.20. The molecule has 0 radical (unpaired) electrons. The minimum atomic E-state index is 0.00551. The highest BCUT2D eigenvalue weighted by Crippen LogP contribution is 2.54. The Hall–Kier alpha value is -2.18.